The van der Waals surface area contributed by atoms with Crippen LogP contribution < -0.4 is 0 Å². The van der Waals surface area contributed by atoms with Crippen molar-refractivity contribution in [3.8, 4) is 0 Å². The first-order valence-electron chi connectivity index (χ1n) is 12.1. The molecule has 0 amide bonds. The molecule has 0 aromatic heterocycles. The van der Waals surface area contributed by atoms with Gasteiger partial charge in [-0.3, -0.25) is 0 Å². The van der Waals surface area contributed by atoms with Crippen molar-refractivity contribution in [3.05, 3.63) is 23.8 Å². The van der Waals surface area contributed by atoms with Crippen LogP contribution in [0, 0.1) is 23.7 Å². The molecule has 1 aliphatic carbocycles. The normalized spacial score (nSPS) is 36.5. The Morgan fingerprint density at radius 1 is 0.970 bits per heavy atom. The van der Waals surface area contributed by atoms with E-state index in [1.165, 1.54) is 0 Å². The van der Waals surface area contributed by atoms with Crippen LogP contribution in [0.3, 0.4) is 0 Å². The van der Waals surface area contributed by atoms with Crippen molar-refractivity contribution in [2.75, 3.05) is 35.5 Å². The van der Waals surface area contributed by atoms with E-state index in [1.54, 1.807) is 35.5 Å². The number of hydrogen-bond donors (Lipinski definition) is 1. The van der Waals surface area contributed by atoms with E-state index in [0.29, 0.717) is 17.8 Å². The standard InChI is InChI=1S/C26H46O7/c1-10-20(28-5)17(4)18-14-19(18)21(27)15(2)12-11-13-16(3)22-23(29-6)24(30-7)25(31-8)26(32-9)33-22/h11-13,15,17-27H,10,14H2,1-9H3/b12-11+,16-13+/t15-,17+,18-,19+,20+,21+,22+,23-,24+,25-,26+/m1/s1. The molecule has 0 bridgehead atoms. The Labute approximate surface area is 200 Å². The highest BCUT2D eigenvalue weighted by Crippen LogP contribution is 2.49. The Balaban J connectivity index is 2.02. The molecule has 2 fully saturated rings. The molecule has 33 heavy (non-hydrogen) atoms. The van der Waals surface area contributed by atoms with Gasteiger partial charge in [-0.25, -0.2) is 0 Å². The highest BCUT2D eigenvalue weighted by atomic mass is 16.7. The number of ether oxygens (including phenoxy) is 6. The third-order valence-electron chi connectivity index (χ3n) is 7.60. The molecule has 0 unspecified atom stereocenters. The van der Waals surface area contributed by atoms with Crippen molar-refractivity contribution >= 4 is 0 Å². The molecule has 0 aromatic rings. The number of methoxy groups -OCH3 is 5. The Morgan fingerprint density at radius 2 is 1.61 bits per heavy atom. The van der Waals surface area contributed by atoms with Gasteiger partial charge in [0.2, 0.25) is 0 Å². The quantitative estimate of drug-likeness (QED) is 0.412. The van der Waals surface area contributed by atoms with Crippen molar-refractivity contribution < 1.29 is 33.5 Å². The Morgan fingerprint density at radius 3 is 2.12 bits per heavy atom. The first-order chi connectivity index (χ1) is 15.8. The lowest BCUT2D eigenvalue weighted by molar-refractivity contribution is -0.295. The molecule has 1 aliphatic heterocycles. The van der Waals surface area contributed by atoms with E-state index < -0.39 is 6.29 Å². The molecule has 0 aromatic carbocycles. The summed E-state index contributed by atoms with van der Waals surface area (Å²) >= 11 is 0. The number of hydrogen-bond acceptors (Lipinski definition) is 7. The zero-order chi connectivity index (χ0) is 24.7. The number of aliphatic hydroxyl groups is 1. The molecule has 11 atom stereocenters. The first-order valence-corrected chi connectivity index (χ1v) is 12.1. The summed E-state index contributed by atoms with van der Waals surface area (Å²) in [7, 11) is 8.27. The van der Waals surface area contributed by atoms with Gasteiger partial charge in [-0.05, 0) is 43.1 Å². The SMILES string of the molecule is CC[C@H](OC)[C@@H](C)[C@H]1C[C@@H]1[C@@H](O)[C@H](C)/C=C/C=C(\C)[C@@H]1O[C@H](OC)[C@H](OC)[C@@H](OC)[C@@H]1OC. The molecule has 1 saturated carbocycles. The molecule has 7 nitrogen and oxygen atoms in total. The van der Waals surface area contributed by atoms with Crippen LogP contribution in [0.25, 0.3) is 0 Å². The molecule has 1 heterocycles. The van der Waals surface area contributed by atoms with Crippen LogP contribution in [-0.4, -0.2) is 83.6 Å². The van der Waals surface area contributed by atoms with Gasteiger partial charge in [-0.1, -0.05) is 39.0 Å². The molecule has 192 valence electrons. The molecule has 1 N–H and O–H groups in total. The van der Waals surface area contributed by atoms with Gasteiger partial charge in [0.15, 0.2) is 6.29 Å². The van der Waals surface area contributed by atoms with E-state index in [-0.39, 0.29) is 42.5 Å². The molecule has 0 radical (unpaired) electrons. The van der Waals surface area contributed by atoms with E-state index >= 15 is 0 Å². The van der Waals surface area contributed by atoms with Gasteiger partial charge in [-0.2, -0.15) is 0 Å². The zero-order valence-corrected chi connectivity index (χ0v) is 21.9. The maximum absolute atomic E-state index is 10.9. The minimum Gasteiger partial charge on any atom is -0.392 e. The summed E-state index contributed by atoms with van der Waals surface area (Å²) in [6.07, 6.45) is 6.10. The van der Waals surface area contributed by atoms with Gasteiger partial charge in [0, 0.05) is 41.5 Å². The van der Waals surface area contributed by atoms with Crippen molar-refractivity contribution in [3.63, 3.8) is 0 Å². The highest BCUT2D eigenvalue weighted by Gasteiger charge is 2.49. The van der Waals surface area contributed by atoms with Gasteiger partial charge in [0.1, 0.15) is 24.4 Å². The fourth-order valence-corrected chi connectivity index (χ4v) is 5.38. The van der Waals surface area contributed by atoms with E-state index in [0.717, 1.165) is 18.4 Å². The maximum Gasteiger partial charge on any atom is 0.186 e. The Bertz CT molecular complexity index is 632. The van der Waals surface area contributed by atoms with Crippen LogP contribution in [0.1, 0.15) is 40.5 Å². The van der Waals surface area contributed by atoms with Crippen molar-refractivity contribution in [2.45, 2.75) is 83.5 Å². The lowest BCUT2D eigenvalue weighted by atomic mass is 9.91. The van der Waals surface area contributed by atoms with Crippen molar-refractivity contribution in [1.82, 2.24) is 0 Å². The summed E-state index contributed by atoms with van der Waals surface area (Å²) in [5, 5.41) is 10.9. The predicted molar refractivity (Wildman–Crippen MR) is 128 cm³/mol. The summed E-state index contributed by atoms with van der Waals surface area (Å²) in [5.74, 6) is 1.39. The van der Waals surface area contributed by atoms with Gasteiger partial charge in [0.25, 0.3) is 0 Å². The number of aliphatic hydroxyl groups excluding tert-OH is 1. The van der Waals surface area contributed by atoms with Crippen LogP contribution in [0.2, 0.25) is 0 Å². The van der Waals surface area contributed by atoms with E-state index in [1.807, 2.05) is 19.1 Å². The average Bonchev–Trinajstić information content (AvgIpc) is 3.63. The Hall–Kier alpha value is -0.800. The summed E-state index contributed by atoms with van der Waals surface area (Å²) in [6.45, 7) is 8.47. The zero-order valence-electron chi connectivity index (χ0n) is 21.9. The fraction of sp³-hybridized carbons (Fsp3) is 0.846. The van der Waals surface area contributed by atoms with Crippen molar-refractivity contribution in [2.24, 2.45) is 23.7 Å². The molecule has 1 saturated heterocycles. The largest absolute Gasteiger partial charge is 0.392 e. The second-order valence-corrected chi connectivity index (χ2v) is 9.51. The van der Waals surface area contributed by atoms with E-state index in [2.05, 4.69) is 26.8 Å². The number of allylic oxidation sites excluding steroid dienone is 2. The van der Waals surface area contributed by atoms with Crippen LogP contribution in [0.5, 0.6) is 0 Å². The van der Waals surface area contributed by atoms with Gasteiger partial charge in [0.05, 0.1) is 12.2 Å². The third-order valence-corrected chi connectivity index (χ3v) is 7.60. The molecular formula is C26H46O7. The number of rotatable bonds is 13. The van der Waals surface area contributed by atoms with E-state index in [4.69, 9.17) is 28.4 Å². The third kappa shape index (κ3) is 6.66. The van der Waals surface area contributed by atoms with Crippen LogP contribution >= 0.6 is 0 Å². The lowest BCUT2D eigenvalue weighted by Crippen LogP contribution is -2.60. The first kappa shape index (κ1) is 28.4. The maximum atomic E-state index is 10.9. The monoisotopic (exact) mass is 470 g/mol. The molecular weight excluding hydrogens is 424 g/mol. The Kier molecular flexibility index (Phi) is 11.5. The minimum absolute atomic E-state index is 0.0562. The van der Waals surface area contributed by atoms with Crippen LogP contribution in [-0.2, 0) is 28.4 Å². The average molecular weight is 471 g/mol. The van der Waals surface area contributed by atoms with Crippen molar-refractivity contribution in [1.29, 1.82) is 0 Å². The summed E-state index contributed by atoms with van der Waals surface area (Å²) in [5.41, 5.74) is 0.988. The molecule has 0 spiro atoms. The summed E-state index contributed by atoms with van der Waals surface area (Å²) in [4.78, 5) is 0. The predicted octanol–water partition coefficient (Wildman–Crippen LogP) is 3.60. The molecule has 7 heteroatoms. The summed E-state index contributed by atoms with van der Waals surface area (Å²) < 4.78 is 34.2. The van der Waals surface area contributed by atoms with Crippen LogP contribution in [0.15, 0.2) is 23.8 Å². The second-order valence-electron chi connectivity index (χ2n) is 9.51. The minimum atomic E-state index is -0.558. The molecule has 2 rings (SSSR count). The van der Waals surface area contributed by atoms with Gasteiger partial charge >= 0.3 is 0 Å². The van der Waals surface area contributed by atoms with E-state index in [9.17, 15) is 5.11 Å². The fourth-order valence-electron chi connectivity index (χ4n) is 5.38. The second kappa shape index (κ2) is 13.3. The van der Waals surface area contributed by atoms with Crippen LogP contribution in [0.4, 0.5) is 0 Å². The summed E-state index contributed by atoms with van der Waals surface area (Å²) in [6, 6.07) is 0. The van der Waals surface area contributed by atoms with Gasteiger partial charge < -0.3 is 33.5 Å². The topological polar surface area (TPSA) is 75.6 Å². The lowest BCUT2D eigenvalue weighted by Gasteiger charge is -2.44. The highest BCUT2D eigenvalue weighted by molar-refractivity contribution is 5.19. The smallest absolute Gasteiger partial charge is 0.186 e. The van der Waals surface area contributed by atoms with Gasteiger partial charge in [-0.15, -0.1) is 0 Å². The molecule has 2 aliphatic rings.